The number of nitrogens with zero attached hydrogens (tertiary/aromatic N) is 1. The lowest BCUT2D eigenvalue weighted by Gasteiger charge is -2.20. The number of rotatable bonds is 5. The van der Waals surface area contributed by atoms with Crippen molar-refractivity contribution in [3.05, 3.63) is 76.6 Å². The third-order valence-electron chi connectivity index (χ3n) is 4.80. The van der Waals surface area contributed by atoms with E-state index in [1.54, 1.807) is 6.20 Å². The molecule has 0 bridgehead atoms. The summed E-state index contributed by atoms with van der Waals surface area (Å²) >= 11 is 0. The molecule has 2 aromatic carbocycles. The van der Waals surface area contributed by atoms with Crippen LogP contribution in [0.3, 0.4) is 0 Å². The van der Waals surface area contributed by atoms with Crippen LogP contribution < -0.4 is 0 Å². The van der Waals surface area contributed by atoms with E-state index in [4.69, 9.17) is 9.47 Å². The molecule has 0 atom stereocenters. The number of carbonyl (C=O) groups is 2. The van der Waals surface area contributed by atoms with Gasteiger partial charge in [-0.05, 0) is 55.8 Å². The summed E-state index contributed by atoms with van der Waals surface area (Å²) in [5.41, 5.74) is 3.73. The molecule has 0 saturated heterocycles. The van der Waals surface area contributed by atoms with Gasteiger partial charge in [-0.2, -0.15) is 0 Å². The summed E-state index contributed by atoms with van der Waals surface area (Å²) in [5.74, 6) is -0.606. The van der Waals surface area contributed by atoms with E-state index < -0.39 is 5.60 Å². The number of ether oxygens (including phenoxy) is 2. The molecule has 5 heteroatoms. The molecule has 0 aliphatic carbocycles. The minimum absolute atomic E-state index is 0.188. The van der Waals surface area contributed by atoms with E-state index in [-0.39, 0.29) is 18.4 Å². The van der Waals surface area contributed by atoms with Gasteiger partial charge in [0.2, 0.25) is 0 Å². The molecule has 0 N–H and O–H groups in total. The fourth-order valence-electron chi connectivity index (χ4n) is 3.41. The lowest BCUT2D eigenvalue weighted by atomic mass is 9.97. The summed E-state index contributed by atoms with van der Waals surface area (Å²) < 4.78 is 10.3. The van der Waals surface area contributed by atoms with Gasteiger partial charge in [0.05, 0.1) is 24.8 Å². The third kappa shape index (κ3) is 5.03. The number of esters is 2. The Morgan fingerprint density at radius 3 is 2.37 bits per heavy atom. The second-order valence-corrected chi connectivity index (χ2v) is 8.36. The number of hydrogen-bond donors (Lipinski definition) is 0. The largest absolute Gasteiger partial charge is 0.469 e. The Bertz CT molecular complexity index is 1100. The van der Waals surface area contributed by atoms with E-state index in [1.807, 2.05) is 70.2 Å². The summed E-state index contributed by atoms with van der Waals surface area (Å²) in [7, 11) is 1.38. The first-order valence-corrected chi connectivity index (χ1v) is 9.93. The van der Waals surface area contributed by atoms with Gasteiger partial charge in [0.25, 0.3) is 0 Å². The van der Waals surface area contributed by atoms with E-state index in [0.717, 1.165) is 33.2 Å². The predicted octanol–water partition coefficient (Wildman–Crippen LogP) is 4.80. The molecule has 0 aliphatic rings. The Labute approximate surface area is 177 Å². The van der Waals surface area contributed by atoms with Crippen molar-refractivity contribution < 1.29 is 19.1 Å². The average Bonchev–Trinajstić information content (AvgIpc) is 2.68. The summed E-state index contributed by atoms with van der Waals surface area (Å²) in [6.45, 7) is 7.48. The van der Waals surface area contributed by atoms with Gasteiger partial charge in [-0.3, -0.25) is 9.78 Å². The number of aromatic nitrogens is 1. The van der Waals surface area contributed by atoms with Crippen molar-refractivity contribution in [1.82, 2.24) is 4.98 Å². The molecule has 3 rings (SSSR count). The van der Waals surface area contributed by atoms with Crippen molar-refractivity contribution >= 4 is 22.7 Å². The van der Waals surface area contributed by atoms with Crippen molar-refractivity contribution in [3.63, 3.8) is 0 Å². The summed E-state index contributed by atoms with van der Waals surface area (Å²) in [6.07, 6.45) is 2.55. The molecule has 0 saturated carbocycles. The fourth-order valence-corrected chi connectivity index (χ4v) is 3.41. The first-order chi connectivity index (χ1) is 14.2. The van der Waals surface area contributed by atoms with Crippen LogP contribution in [-0.2, 0) is 27.1 Å². The van der Waals surface area contributed by atoms with Crippen LogP contribution in [0.1, 0.15) is 53.5 Å². The number of methoxy groups -OCH3 is 1. The Hall–Kier alpha value is -3.21. The van der Waals surface area contributed by atoms with Gasteiger partial charge in [-0.1, -0.05) is 36.4 Å². The zero-order valence-corrected chi connectivity index (χ0v) is 18.1. The van der Waals surface area contributed by atoms with Crippen LogP contribution in [0.15, 0.2) is 48.7 Å². The second kappa shape index (κ2) is 8.66. The lowest BCUT2D eigenvalue weighted by Crippen LogP contribution is -2.24. The quantitative estimate of drug-likeness (QED) is 0.570. The molecule has 0 unspecified atom stereocenters. The number of pyridine rings is 1. The van der Waals surface area contributed by atoms with Gasteiger partial charge in [-0.15, -0.1) is 0 Å². The third-order valence-corrected chi connectivity index (χ3v) is 4.80. The van der Waals surface area contributed by atoms with Crippen LogP contribution in [-0.4, -0.2) is 29.6 Å². The smallest absolute Gasteiger partial charge is 0.338 e. The number of carbonyl (C=O) groups excluding carboxylic acids is 2. The molecule has 0 amide bonds. The number of aryl methyl sites for hydroxylation is 1. The lowest BCUT2D eigenvalue weighted by molar-refractivity contribution is -0.139. The van der Waals surface area contributed by atoms with Gasteiger partial charge in [-0.25, -0.2) is 4.79 Å². The van der Waals surface area contributed by atoms with Crippen molar-refractivity contribution in [2.75, 3.05) is 7.11 Å². The SMILES string of the molecule is COC(=O)Cc1cnc(Cc2ccc(C(=O)OC(C)(C)C)c(C)c2)c2ccccc12. The number of hydrogen-bond acceptors (Lipinski definition) is 5. The van der Waals surface area contributed by atoms with Crippen LogP contribution in [0.5, 0.6) is 0 Å². The first-order valence-electron chi connectivity index (χ1n) is 9.93. The Kier molecular flexibility index (Phi) is 6.20. The Balaban J connectivity index is 1.90. The second-order valence-electron chi connectivity index (χ2n) is 8.36. The van der Waals surface area contributed by atoms with Gasteiger partial charge >= 0.3 is 11.9 Å². The van der Waals surface area contributed by atoms with E-state index >= 15 is 0 Å². The van der Waals surface area contributed by atoms with Gasteiger partial charge in [0.1, 0.15) is 5.60 Å². The van der Waals surface area contributed by atoms with Gasteiger partial charge in [0, 0.05) is 18.0 Å². The van der Waals surface area contributed by atoms with Crippen molar-refractivity contribution in [3.8, 4) is 0 Å². The molecule has 0 radical (unpaired) electrons. The highest BCUT2D eigenvalue weighted by Crippen LogP contribution is 2.25. The summed E-state index contributed by atoms with van der Waals surface area (Å²) in [6, 6.07) is 13.7. The van der Waals surface area contributed by atoms with E-state index in [2.05, 4.69) is 4.98 Å². The predicted molar refractivity (Wildman–Crippen MR) is 117 cm³/mol. The summed E-state index contributed by atoms with van der Waals surface area (Å²) in [5, 5.41) is 2.00. The summed E-state index contributed by atoms with van der Waals surface area (Å²) in [4.78, 5) is 28.8. The number of fused-ring (bicyclic) bond motifs is 1. The van der Waals surface area contributed by atoms with Gasteiger partial charge in [0.15, 0.2) is 0 Å². The average molecular weight is 405 g/mol. The molecule has 5 nitrogen and oxygen atoms in total. The maximum absolute atomic E-state index is 12.4. The molecule has 30 heavy (non-hydrogen) atoms. The minimum atomic E-state index is -0.531. The van der Waals surface area contributed by atoms with E-state index in [1.165, 1.54) is 7.11 Å². The minimum Gasteiger partial charge on any atom is -0.469 e. The van der Waals surface area contributed by atoms with Crippen LogP contribution in [0, 0.1) is 6.92 Å². The molecular formula is C25H27NO4. The molecule has 156 valence electrons. The molecule has 1 aromatic heterocycles. The molecular weight excluding hydrogens is 378 g/mol. The van der Waals surface area contributed by atoms with Crippen molar-refractivity contribution in [2.24, 2.45) is 0 Å². The monoisotopic (exact) mass is 405 g/mol. The Morgan fingerprint density at radius 2 is 1.73 bits per heavy atom. The molecule has 0 aliphatic heterocycles. The van der Waals surface area contributed by atoms with Crippen molar-refractivity contribution in [1.29, 1.82) is 0 Å². The fraction of sp³-hybridized carbons (Fsp3) is 0.320. The molecule has 0 spiro atoms. The zero-order valence-electron chi connectivity index (χ0n) is 18.1. The van der Waals surface area contributed by atoms with Crippen molar-refractivity contribution in [2.45, 2.75) is 46.1 Å². The van der Waals surface area contributed by atoms with Crippen LogP contribution in [0.2, 0.25) is 0 Å². The number of benzene rings is 2. The van der Waals surface area contributed by atoms with E-state index in [0.29, 0.717) is 12.0 Å². The topological polar surface area (TPSA) is 65.5 Å². The Morgan fingerprint density at radius 1 is 1.03 bits per heavy atom. The molecule has 3 aromatic rings. The maximum atomic E-state index is 12.4. The first kappa shape index (κ1) is 21.5. The van der Waals surface area contributed by atoms with Crippen LogP contribution in [0.25, 0.3) is 10.8 Å². The standard InChI is InChI=1S/C25H27NO4/c1-16-12-17(10-11-19(16)24(28)30-25(2,3)4)13-22-21-9-7-6-8-20(21)18(15-26-22)14-23(27)29-5/h6-12,15H,13-14H2,1-5H3. The van der Waals surface area contributed by atoms with Gasteiger partial charge < -0.3 is 9.47 Å². The highest BCUT2D eigenvalue weighted by Gasteiger charge is 2.19. The normalized spacial score (nSPS) is 11.4. The highest BCUT2D eigenvalue weighted by atomic mass is 16.6. The molecule has 0 fully saturated rings. The molecule has 1 heterocycles. The van der Waals surface area contributed by atoms with E-state index in [9.17, 15) is 9.59 Å². The maximum Gasteiger partial charge on any atom is 0.338 e. The van der Waals surface area contributed by atoms with Crippen LogP contribution in [0.4, 0.5) is 0 Å². The zero-order chi connectivity index (χ0) is 21.9. The highest BCUT2D eigenvalue weighted by molar-refractivity contribution is 5.92. The van der Waals surface area contributed by atoms with Crippen LogP contribution >= 0.6 is 0 Å².